The van der Waals surface area contributed by atoms with E-state index >= 15 is 0 Å². The van der Waals surface area contributed by atoms with Crippen molar-refractivity contribution in [3.05, 3.63) is 0 Å². The predicted molar refractivity (Wildman–Crippen MR) is 64.0 cm³/mol. The number of aliphatic hydroxyl groups is 1. The average Bonchev–Trinajstić information content (AvgIpc) is 2.20. The smallest absolute Gasteiger partial charge is 0.0639 e. The molecule has 0 aromatic rings. The van der Waals surface area contributed by atoms with Crippen LogP contribution in [0.15, 0.2) is 0 Å². The molecular weight excluding hydrogens is 202 g/mol. The minimum absolute atomic E-state index is 0.259. The Morgan fingerprint density at radius 2 is 2.12 bits per heavy atom. The SMILES string of the molecule is C[C@H](O)CN1CCN([C@H](C)CC#N)C[C@@H]1C. The summed E-state index contributed by atoms with van der Waals surface area (Å²) in [5.41, 5.74) is 0. The lowest BCUT2D eigenvalue weighted by molar-refractivity contribution is 0.0315. The number of hydrogen-bond acceptors (Lipinski definition) is 4. The predicted octanol–water partition coefficient (Wildman–Crippen LogP) is 0.675. The molecule has 16 heavy (non-hydrogen) atoms. The molecule has 1 N–H and O–H groups in total. The normalized spacial score (nSPS) is 27.3. The van der Waals surface area contributed by atoms with Gasteiger partial charge in [0.1, 0.15) is 0 Å². The van der Waals surface area contributed by atoms with Crippen molar-refractivity contribution in [1.29, 1.82) is 5.26 Å². The Hall–Kier alpha value is -0.630. The fourth-order valence-electron chi connectivity index (χ4n) is 2.30. The molecular formula is C12H23N3O. The minimum Gasteiger partial charge on any atom is -0.392 e. The van der Waals surface area contributed by atoms with Gasteiger partial charge in [-0.2, -0.15) is 5.26 Å². The number of nitrogens with zero attached hydrogens (tertiary/aromatic N) is 3. The summed E-state index contributed by atoms with van der Waals surface area (Å²) in [6.07, 6.45) is 0.342. The van der Waals surface area contributed by atoms with Crippen LogP contribution in [-0.2, 0) is 0 Å². The molecule has 1 aliphatic heterocycles. The van der Waals surface area contributed by atoms with Crippen molar-refractivity contribution in [1.82, 2.24) is 9.80 Å². The zero-order valence-corrected chi connectivity index (χ0v) is 10.6. The van der Waals surface area contributed by atoms with Crippen LogP contribution < -0.4 is 0 Å². The van der Waals surface area contributed by atoms with Gasteiger partial charge in [0.25, 0.3) is 0 Å². The second kappa shape index (κ2) is 6.19. The van der Waals surface area contributed by atoms with E-state index in [9.17, 15) is 5.11 Å². The van der Waals surface area contributed by atoms with Crippen LogP contribution in [0.3, 0.4) is 0 Å². The maximum Gasteiger partial charge on any atom is 0.0639 e. The lowest BCUT2D eigenvalue weighted by Gasteiger charge is -2.42. The van der Waals surface area contributed by atoms with E-state index in [-0.39, 0.29) is 6.10 Å². The fourth-order valence-corrected chi connectivity index (χ4v) is 2.30. The molecule has 1 aliphatic rings. The average molecular weight is 225 g/mol. The van der Waals surface area contributed by atoms with E-state index < -0.39 is 0 Å². The van der Waals surface area contributed by atoms with Crippen molar-refractivity contribution in [2.75, 3.05) is 26.2 Å². The van der Waals surface area contributed by atoms with Gasteiger partial charge < -0.3 is 5.11 Å². The van der Waals surface area contributed by atoms with E-state index in [1.165, 1.54) is 0 Å². The van der Waals surface area contributed by atoms with Crippen LogP contribution >= 0.6 is 0 Å². The molecule has 92 valence electrons. The number of β-amino-alcohol motifs (C(OH)–C–C–N with tert-alkyl or cyclic N) is 1. The highest BCUT2D eigenvalue weighted by Gasteiger charge is 2.26. The van der Waals surface area contributed by atoms with Crippen LogP contribution in [0.2, 0.25) is 0 Å². The first-order valence-electron chi connectivity index (χ1n) is 6.07. The van der Waals surface area contributed by atoms with E-state index in [1.807, 2.05) is 6.92 Å². The molecule has 0 aromatic heterocycles. The van der Waals surface area contributed by atoms with E-state index in [2.05, 4.69) is 29.7 Å². The van der Waals surface area contributed by atoms with Crippen LogP contribution in [0.4, 0.5) is 0 Å². The number of aliphatic hydroxyl groups excluding tert-OH is 1. The summed E-state index contributed by atoms with van der Waals surface area (Å²) in [6, 6.07) is 3.04. The first-order chi connectivity index (χ1) is 7.54. The summed E-state index contributed by atoms with van der Waals surface area (Å²) in [4.78, 5) is 4.69. The summed E-state index contributed by atoms with van der Waals surface area (Å²) in [5, 5.41) is 18.1. The molecule has 1 fully saturated rings. The Balaban J connectivity index is 2.42. The van der Waals surface area contributed by atoms with Crippen LogP contribution in [0, 0.1) is 11.3 Å². The van der Waals surface area contributed by atoms with Crippen molar-refractivity contribution < 1.29 is 5.11 Å². The van der Waals surface area contributed by atoms with Crippen LogP contribution in [-0.4, -0.2) is 59.3 Å². The largest absolute Gasteiger partial charge is 0.392 e. The Labute approximate surface area is 98.5 Å². The molecule has 1 heterocycles. The van der Waals surface area contributed by atoms with Gasteiger partial charge in [-0.25, -0.2) is 0 Å². The maximum absolute atomic E-state index is 9.38. The lowest BCUT2D eigenvalue weighted by atomic mass is 10.1. The molecule has 1 rings (SSSR count). The Morgan fingerprint density at radius 3 is 2.62 bits per heavy atom. The number of hydrogen-bond donors (Lipinski definition) is 1. The molecule has 0 radical (unpaired) electrons. The summed E-state index contributed by atoms with van der Waals surface area (Å²) in [6.45, 7) is 9.87. The molecule has 3 atom stereocenters. The van der Waals surface area contributed by atoms with Crippen molar-refractivity contribution in [3.8, 4) is 6.07 Å². The van der Waals surface area contributed by atoms with Gasteiger partial charge in [-0.3, -0.25) is 9.80 Å². The highest BCUT2D eigenvalue weighted by atomic mass is 16.3. The van der Waals surface area contributed by atoms with Gasteiger partial charge in [0.15, 0.2) is 0 Å². The Bertz CT molecular complexity index is 249. The molecule has 4 heteroatoms. The van der Waals surface area contributed by atoms with Gasteiger partial charge in [-0.15, -0.1) is 0 Å². The van der Waals surface area contributed by atoms with E-state index in [0.717, 1.165) is 26.2 Å². The van der Waals surface area contributed by atoms with Gasteiger partial charge >= 0.3 is 0 Å². The van der Waals surface area contributed by atoms with Gasteiger partial charge in [0.05, 0.1) is 18.6 Å². The third-order valence-corrected chi connectivity index (χ3v) is 3.31. The number of nitriles is 1. The van der Waals surface area contributed by atoms with Crippen LogP contribution in [0.25, 0.3) is 0 Å². The number of piperazine rings is 1. The van der Waals surface area contributed by atoms with Crippen molar-refractivity contribution in [2.45, 2.75) is 45.4 Å². The molecule has 4 nitrogen and oxygen atoms in total. The van der Waals surface area contributed by atoms with E-state index in [4.69, 9.17) is 5.26 Å². The molecule has 0 amide bonds. The summed E-state index contributed by atoms with van der Waals surface area (Å²) >= 11 is 0. The Morgan fingerprint density at radius 1 is 1.44 bits per heavy atom. The second-order valence-electron chi connectivity index (χ2n) is 4.90. The highest BCUT2D eigenvalue weighted by molar-refractivity contribution is 4.86. The van der Waals surface area contributed by atoms with Crippen molar-refractivity contribution in [3.63, 3.8) is 0 Å². The quantitative estimate of drug-likeness (QED) is 0.764. The maximum atomic E-state index is 9.38. The first kappa shape index (κ1) is 13.4. The van der Waals surface area contributed by atoms with E-state index in [0.29, 0.717) is 18.5 Å². The van der Waals surface area contributed by atoms with Crippen molar-refractivity contribution in [2.24, 2.45) is 0 Å². The van der Waals surface area contributed by atoms with Crippen LogP contribution in [0.1, 0.15) is 27.2 Å². The molecule has 0 saturated carbocycles. The molecule has 0 aliphatic carbocycles. The highest BCUT2D eigenvalue weighted by Crippen LogP contribution is 2.14. The first-order valence-corrected chi connectivity index (χ1v) is 6.07. The molecule has 0 bridgehead atoms. The van der Waals surface area contributed by atoms with Gasteiger partial charge in [0.2, 0.25) is 0 Å². The topological polar surface area (TPSA) is 50.5 Å². The second-order valence-corrected chi connectivity index (χ2v) is 4.90. The monoisotopic (exact) mass is 225 g/mol. The number of rotatable bonds is 4. The summed E-state index contributed by atoms with van der Waals surface area (Å²) in [7, 11) is 0. The molecule has 0 unspecified atom stereocenters. The third-order valence-electron chi connectivity index (χ3n) is 3.31. The zero-order chi connectivity index (χ0) is 12.1. The summed E-state index contributed by atoms with van der Waals surface area (Å²) in [5.74, 6) is 0. The zero-order valence-electron chi connectivity index (χ0n) is 10.6. The molecule has 0 aromatic carbocycles. The van der Waals surface area contributed by atoms with Crippen molar-refractivity contribution >= 4 is 0 Å². The van der Waals surface area contributed by atoms with Gasteiger partial charge in [-0.05, 0) is 20.8 Å². The fraction of sp³-hybridized carbons (Fsp3) is 0.917. The van der Waals surface area contributed by atoms with Crippen LogP contribution in [0.5, 0.6) is 0 Å². The summed E-state index contributed by atoms with van der Waals surface area (Å²) < 4.78 is 0. The van der Waals surface area contributed by atoms with Gasteiger partial charge in [0, 0.05) is 38.3 Å². The van der Waals surface area contributed by atoms with E-state index in [1.54, 1.807) is 0 Å². The molecule has 1 saturated heterocycles. The third kappa shape index (κ3) is 3.75. The Kier molecular flexibility index (Phi) is 5.20. The minimum atomic E-state index is -0.259. The lowest BCUT2D eigenvalue weighted by Crippen LogP contribution is -2.55. The van der Waals surface area contributed by atoms with Gasteiger partial charge in [-0.1, -0.05) is 0 Å². The standard InChI is InChI=1S/C12H23N3O/c1-10(4-5-13)14-6-7-15(9-12(3)16)11(2)8-14/h10-12,16H,4,6-9H2,1-3H3/t10-,11+,12+/m1/s1. The molecule has 0 spiro atoms.